The Balaban J connectivity index is 2.33. The molecule has 0 saturated heterocycles. The van der Waals surface area contributed by atoms with Crippen LogP contribution in [0.1, 0.15) is 39.5 Å². The van der Waals surface area contributed by atoms with Gasteiger partial charge in [-0.2, -0.15) is 0 Å². The molecule has 0 bridgehead atoms. The van der Waals surface area contributed by atoms with Crippen molar-refractivity contribution in [3.05, 3.63) is 0 Å². The molecule has 1 rings (SSSR count). The van der Waals surface area contributed by atoms with Crippen molar-refractivity contribution in [2.45, 2.75) is 45.1 Å². The van der Waals surface area contributed by atoms with Crippen LogP contribution >= 0.6 is 0 Å². The predicted octanol–water partition coefficient (Wildman–Crippen LogP) is 1.03. The first kappa shape index (κ1) is 13.5. The SMILES string of the molecule is CC(C)COCCC1CCCC1(N)C(N)=O. The zero-order valence-corrected chi connectivity index (χ0v) is 10.4. The third kappa shape index (κ3) is 3.19. The molecule has 16 heavy (non-hydrogen) atoms. The molecule has 4 heteroatoms. The summed E-state index contributed by atoms with van der Waals surface area (Å²) in [5.41, 5.74) is 10.6. The summed E-state index contributed by atoms with van der Waals surface area (Å²) < 4.78 is 5.52. The molecule has 94 valence electrons. The molecule has 1 fully saturated rings. The van der Waals surface area contributed by atoms with Gasteiger partial charge in [-0.15, -0.1) is 0 Å². The van der Waals surface area contributed by atoms with Gasteiger partial charge in [0.1, 0.15) is 0 Å². The highest BCUT2D eigenvalue weighted by Gasteiger charge is 2.43. The predicted molar refractivity (Wildman–Crippen MR) is 63.7 cm³/mol. The fourth-order valence-corrected chi connectivity index (χ4v) is 2.37. The summed E-state index contributed by atoms with van der Waals surface area (Å²) >= 11 is 0. The van der Waals surface area contributed by atoms with Gasteiger partial charge in [0, 0.05) is 13.2 Å². The monoisotopic (exact) mass is 228 g/mol. The maximum Gasteiger partial charge on any atom is 0.237 e. The van der Waals surface area contributed by atoms with E-state index in [1.807, 2.05) is 0 Å². The number of primary amides is 1. The zero-order valence-electron chi connectivity index (χ0n) is 10.4. The number of hydrogen-bond acceptors (Lipinski definition) is 3. The van der Waals surface area contributed by atoms with Gasteiger partial charge in [0.25, 0.3) is 0 Å². The number of rotatable bonds is 6. The van der Waals surface area contributed by atoms with E-state index in [9.17, 15) is 4.79 Å². The molecule has 0 aliphatic heterocycles. The Morgan fingerprint density at radius 3 is 2.81 bits per heavy atom. The molecule has 0 aromatic heterocycles. The van der Waals surface area contributed by atoms with Gasteiger partial charge in [-0.1, -0.05) is 20.3 Å². The summed E-state index contributed by atoms with van der Waals surface area (Å²) in [5, 5.41) is 0. The molecule has 2 unspecified atom stereocenters. The molecule has 4 nitrogen and oxygen atoms in total. The molecule has 0 aromatic carbocycles. The second-order valence-corrected chi connectivity index (χ2v) is 5.25. The molecule has 0 aromatic rings. The molecular formula is C12H24N2O2. The third-order valence-electron chi connectivity index (χ3n) is 3.39. The summed E-state index contributed by atoms with van der Waals surface area (Å²) in [6, 6.07) is 0. The number of amides is 1. The summed E-state index contributed by atoms with van der Waals surface area (Å²) in [6.07, 6.45) is 3.54. The van der Waals surface area contributed by atoms with Crippen molar-refractivity contribution in [3.8, 4) is 0 Å². The summed E-state index contributed by atoms with van der Waals surface area (Å²) in [6.45, 7) is 5.67. The highest BCUT2D eigenvalue weighted by atomic mass is 16.5. The van der Waals surface area contributed by atoms with E-state index in [-0.39, 0.29) is 11.8 Å². The van der Waals surface area contributed by atoms with Crippen LogP contribution in [0, 0.1) is 11.8 Å². The molecule has 0 spiro atoms. The largest absolute Gasteiger partial charge is 0.381 e. The Hall–Kier alpha value is -0.610. The van der Waals surface area contributed by atoms with Crippen molar-refractivity contribution in [1.82, 2.24) is 0 Å². The van der Waals surface area contributed by atoms with Gasteiger partial charge in [0.2, 0.25) is 5.91 Å². The van der Waals surface area contributed by atoms with Gasteiger partial charge in [-0.3, -0.25) is 4.79 Å². The molecule has 2 atom stereocenters. The van der Waals surface area contributed by atoms with Crippen molar-refractivity contribution in [1.29, 1.82) is 0 Å². The molecule has 0 radical (unpaired) electrons. The van der Waals surface area contributed by atoms with E-state index in [2.05, 4.69) is 13.8 Å². The fraction of sp³-hybridized carbons (Fsp3) is 0.917. The van der Waals surface area contributed by atoms with E-state index in [4.69, 9.17) is 16.2 Å². The maximum atomic E-state index is 11.3. The van der Waals surface area contributed by atoms with E-state index in [1.54, 1.807) is 0 Å². The number of carbonyl (C=O) groups is 1. The van der Waals surface area contributed by atoms with E-state index in [0.29, 0.717) is 12.5 Å². The zero-order chi connectivity index (χ0) is 12.2. The van der Waals surface area contributed by atoms with E-state index < -0.39 is 5.54 Å². The van der Waals surface area contributed by atoms with Crippen molar-refractivity contribution in [2.24, 2.45) is 23.3 Å². The standard InChI is InChI=1S/C12H24N2O2/c1-9(2)8-16-7-5-10-4-3-6-12(10,14)11(13)15/h9-10H,3-8,14H2,1-2H3,(H2,13,15). The minimum absolute atomic E-state index is 0.192. The van der Waals surface area contributed by atoms with Crippen LogP contribution in [0.15, 0.2) is 0 Å². The smallest absolute Gasteiger partial charge is 0.237 e. The fourth-order valence-electron chi connectivity index (χ4n) is 2.37. The highest BCUT2D eigenvalue weighted by molar-refractivity contribution is 5.85. The van der Waals surface area contributed by atoms with E-state index in [0.717, 1.165) is 32.3 Å². The Morgan fingerprint density at radius 2 is 2.25 bits per heavy atom. The minimum Gasteiger partial charge on any atom is -0.381 e. The third-order valence-corrected chi connectivity index (χ3v) is 3.39. The average Bonchev–Trinajstić information content (AvgIpc) is 2.56. The van der Waals surface area contributed by atoms with Gasteiger partial charge >= 0.3 is 0 Å². The first-order valence-electron chi connectivity index (χ1n) is 6.13. The van der Waals surface area contributed by atoms with E-state index >= 15 is 0 Å². The molecule has 1 amide bonds. The lowest BCUT2D eigenvalue weighted by Gasteiger charge is -2.27. The number of carbonyl (C=O) groups excluding carboxylic acids is 1. The minimum atomic E-state index is -0.790. The number of ether oxygens (including phenoxy) is 1. The number of hydrogen-bond donors (Lipinski definition) is 2. The van der Waals surface area contributed by atoms with Crippen LogP contribution in [0.4, 0.5) is 0 Å². The second kappa shape index (κ2) is 5.64. The average molecular weight is 228 g/mol. The summed E-state index contributed by atoms with van der Waals surface area (Å²) in [7, 11) is 0. The van der Waals surface area contributed by atoms with Crippen LogP contribution in [0.3, 0.4) is 0 Å². The van der Waals surface area contributed by atoms with Crippen molar-refractivity contribution < 1.29 is 9.53 Å². The first-order valence-corrected chi connectivity index (χ1v) is 6.13. The van der Waals surface area contributed by atoms with Crippen LogP contribution in [-0.2, 0) is 9.53 Å². The van der Waals surface area contributed by atoms with Gasteiger partial charge in [-0.25, -0.2) is 0 Å². The Bertz CT molecular complexity index is 243. The van der Waals surface area contributed by atoms with Crippen LogP contribution in [0.2, 0.25) is 0 Å². The van der Waals surface area contributed by atoms with Gasteiger partial charge < -0.3 is 16.2 Å². The first-order chi connectivity index (χ1) is 7.47. The normalized spacial score (nSPS) is 29.9. The van der Waals surface area contributed by atoms with Gasteiger partial charge in [-0.05, 0) is 31.1 Å². The van der Waals surface area contributed by atoms with Crippen LogP contribution < -0.4 is 11.5 Å². The topological polar surface area (TPSA) is 78.3 Å². The van der Waals surface area contributed by atoms with E-state index in [1.165, 1.54) is 0 Å². The molecule has 1 aliphatic rings. The summed E-state index contributed by atoms with van der Waals surface area (Å²) in [5.74, 6) is 0.373. The van der Waals surface area contributed by atoms with Gasteiger partial charge in [0.15, 0.2) is 0 Å². The lowest BCUT2D eigenvalue weighted by atomic mass is 9.85. The number of nitrogens with two attached hydrogens (primary N) is 2. The molecule has 1 aliphatic carbocycles. The quantitative estimate of drug-likeness (QED) is 0.666. The van der Waals surface area contributed by atoms with Crippen LogP contribution in [0.25, 0.3) is 0 Å². The highest BCUT2D eigenvalue weighted by Crippen LogP contribution is 2.35. The maximum absolute atomic E-state index is 11.3. The Kier molecular flexibility index (Phi) is 4.74. The van der Waals surface area contributed by atoms with Crippen molar-refractivity contribution in [3.63, 3.8) is 0 Å². The van der Waals surface area contributed by atoms with Crippen LogP contribution in [-0.4, -0.2) is 24.7 Å². The lowest BCUT2D eigenvalue weighted by Crippen LogP contribution is -2.54. The van der Waals surface area contributed by atoms with Crippen molar-refractivity contribution >= 4 is 5.91 Å². The Morgan fingerprint density at radius 1 is 1.56 bits per heavy atom. The molecular weight excluding hydrogens is 204 g/mol. The molecule has 1 saturated carbocycles. The van der Waals surface area contributed by atoms with Crippen molar-refractivity contribution in [2.75, 3.05) is 13.2 Å². The second-order valence-electron chi connectivity index (χ2n) is 5.25. The van der Waals surface area contributed by atoms with Crippen LogP contribution in [0.5, 0.6) is 0 Å². The van der Waals surface area contributed by atoms with Gasteiger partial charge in [0.05, 0.1) is 5.54 Å². The Labute approximate surface area is 97.7 Å². The summed E-state index contributed by atoms with van der Waals surface area (Å²) in [4.78, 5) is 11.3. The molecule has 0 heterocycles. The lowest BCUT2D eigenvalue weighted by molar-refractivity contribution is -0.124. The molecule has 4 N–H and O–H groups in total.